The third-order valence-corrected chi connectivity index (χ3v) is 4.97. The minimum Gasteiger partial charge on any atom is -0.496 e. The molecule has 0 spiro atoms. The molecule has 0 bridgehead atoms. The molecule has 2 rings (SSSR count). The third-order valence-electron chi connectivity index (χ3n) is 3.57. The Morgan fingerprint density at radius 1 is 1.09 bits per heavy atom. The molecule has 1 N–H and O–H groups in total. The molecule has 0 aromatic heterocycles. The van der Waals surface area contributed by atoms with Crippen LogP contribution in [0.1, 0.15) is 29.7 Å². The van der Waals surface area contributed by atoms with Gasteiger partial charge < -0.3 is 4.74 Å². The van der Waals surface area contributed by atoms with Crippen LogP contribution < -0.4 is 9.46 Å². The standard InChI is InChI=1S/C17H21NO3S/c1-13-8-4-5-9-15(13)12-22(19,20)18-14(2)16-10-6-7-11-17(16)21-3/h4-11,14,18H,12H2,1-3H3. The first-order chi connectivity index (χ1) is 10.4. The van der Waals surface area contributed by atoms with E-state index in [4.69, 9.17) is 4.74 Å². The zero-order valence-electron chi connectivity index (χ0n) is 13.0. The first-order valence-corrected chi connectivity index (χ1v) is 8.75. The molecule has 0 aliphatic heterocycles. The van der Waals surface area contributed by atoms with Gasteiger partial charge in [-0.2, -0.15) is 0 Å². The second kappa shape index (κ2) is 6.94. The van der Waals surface area contributed by atoms with Gasteiger partial charge in [-0.1, -0.05) is 42.5 Å². The van der Waals surface area contributed by atoms with Crippen molar-refractivity contribution in [3.63, 3.8) is 0 Å². The summed E-state index contributed by atoms with van der Waals surface area (Å²) in [5, 5.41) is 0. The molecule has 5 heteroatoms. The summed E-state index contributed by atoms with van der Waals surface area (Å²) in [6, 6.07) is 14.5. The van der Waals surface area contributed by atoms with E-state index in [0.29, 0.717) is 5.75 Å². The van der Waals surface area contributed by atoms with Gasteiger partial charge in [-0.05, 0) is 31.0 Å². The van der Waals surface area contributed by atoms with E-state index in [9.17, 15) is 8.42 Å². The molecule has 1 unspecified atom stereocenters. The lowest BCUT2D eigenvalue weighted by molar-refractivity contribution is 0.405. The first-order valence-electron chi connectivity index (χ1n) is 7.10. The third kappa shape index (κ3) is 4.08. The van der Waals surface area contributed by atoms with Crippen molar-refractivity contribution in [3.8, 4) is 5.75 Å². The lowest BCUT2D eigenvalue weighted by Crippen LogP contribution is -2.28. The fraction of sp³-hybridized carbons (Fsp3) is 0.294. The predicted octanol–water partition coefficient (Wildman–Crippen LogP) is 3.18. The Kier molecular flexibility index (Phi) is 5.21. The van der Waals surface area contributed by atoms with Crippen LogP contribution in [0.15, 0.2) is 48.5 Å². The van der Waals surface area contributed by atoms with Crippen molar-refractivity contribution in [3.05, 3.63) is 65.2 Å². The van der Waals surface area contributed by atoms with Gasteiger partial charge in [0.1, 0.15) is 5.75 Å². The van der Waals surface area contributed by atoms with Crippen LogP contribution in [0.25, 0.3) is 0 Å². The number of nitrogens with one attached hydrogen (secondary N) is 1. The van der Waals surface area contributed by atoms with Crippen LogP contribution in [0.4, 0.5) is 0 Å². The summed E-state index contributed by atoms with van der Waals surface area (Å²) in [6.07, 6.45) is 0. The molecule has 1 atom stereocenters. The smallest absolute Gasteiger partial charge is 0.216 e. The maximum absolute atomic E-state index is 12.4. The van der Waals surface area contributed by atoms with Gasteiger partial charge in [0, 0.05) is 11.6 Å². The second-order valence-corrected chi connectivity index (χ2v) is 7.02. The Hall–Kier alpha value is -1.85. The Labute approximate surface area is 132 Å². The van der Waals surface area contributed by atoms with E-state index in [2.05, 4.69) is 4.72 Å². The van der Waals surface area contributed by atoms with E-state index < -0.39 is 10.0 Å². The fourth-order valence-electron chi connectivity index (χ4n) is 2.38. The average Bonchev–Trinajstić information content (AvgIpc) is 2.49. The van der Waals surface area contributed by atoms with Gasteiger partial charge in [-0.15, -0.1) is 0 Å². The average molecular weight is 319 g/mol. The summed E-state index contributed by atoms with van der Waals surface area (Å²) < 4.78 is 32.8. The largest absolute Gasteiger partial charge is 0.496 e. The van der Waals surface area contributed by atoms with E-state index in [1.807, 2.05) is 62.4 Å². The van der Waals surface area contributed by atoms with E-state index in [1.54, 1.807) is 7.11 Å². The van der Waals surface area contributed by atoms with Crippen LogP contribution in [0.5, 0.6) is 5.75 Å². The van der Waals surface area contributed by atoms with E-state index in [1.165, 1.54) is 0 Å². The number of hydrogen-bond acceptors (Lipinski definition) is 3. The van der Waals surface area contributed by atoms with Crippen LogP contribution >= 0.6 is 0 Å². The molecule has 0 saturated heterocycles. The minimum absolute atomic E-state index is 0.0286. The number of sulfonamides is 1. The molecule has 0 aliphatic rings. The van der Waals surface area contributed by atoms with Crippen molar-refractivity contribution in [2.75, 3.05) is 7.11 Å². The Bertz CT molecular complexity index is 741. The normalized spacial score (nSPS) is 12.9. The predicted molar refractivity (Wildman–Crippen MR) is 88.3 cm³/mol. The van der Waals surface area contributed by atoms with Crippen molar-refractivity contribution in [2.45, 2.75) is 25.6 Å². The van der Waals surface area contributed by atoms with Crippen LogP contribution in [0.2, 0.25) is 0 Å². The molecule has 118 valence electrons. The molecular weight excluding hydrogens is 298 g/mol. The number of hydrogen-bond donors (Lipinski definition) is 1. The van der Waals surface area contributed by atoms with Crippen molar-refractivity contribution >= 4 is 10.0 Å². The number of benzene rings is 2. The fourth-order valence-corrected chi connectivity index (χ4v) is 3.86. The Morgan fingerprint density at radius 3 is 2.41 bits per heavy atom. The van der Waals surface area contributed by atoms with Gasteiger partial charge in [-0.3, -0.25) is 0 Å². The summed E-state index contributed by atoms with van der Waals surface area (Å²) in [7, 11) is -1.86. The Balaban J connectivity index is 2.16. The van der Waals surface area contributed by atoms with Gasteiger partial charge >= 0.3 is 0 Å². The number of rotatable bonds is 6. The maximum Gasteiger partial charge on any atom is 0.216 e. The Morgan fingerprint density at radius 2 is 1.73 bits per heavy atom. The van der Waals surface area contributed by atoms with Crippen molar-refractivity contribution in [1.82, 2.24) is 4.72 Å². The summed E-state index contributed by atoms with van der Waals surface area (Å²) in [4.78, 5) is 0. The number of para-hydroxylation sites is 1. The van der Waals surface area contributed by atoms with E-state index >= 15 is 0 Å². The highest BCUT2D eigenvalue weighted by molar-refractivity contribution is 7.88. The first kappa shape index (κ1) is 16.5. The van der Waals surface area contributed by atoms with Crippen LogP contribution in [0, 0.1) is 6.92 Å². The minimum atomic E-state index is -3.44. The summed E-state index contributed by atoms with van der Waals surface area (Å²) >= 11 is 0. The van der Waals surface area contributed by atoms with Crippen LogP contribution in [-0.2, 0) is 15.8 Å². The highest BCUT2D eigenvalue weighted by Crippen LogP contribution is 2.25. The topological polar surface area (TPSA) is 55.4 Å². The SMILES string of the molecule is COc1ccccc1C(C)NS(=O)(=O)Cc1ccccc1C. The summed E-state index contributed by atoms with van der Waals surface area (Å²) in [5.41, 5.74) is 2.60. The maximum atomic E-state index is 12.4. The van der Waals surface area contributed by atoms with Crippen molar-refractivity contribution < 1.29 is 13.2 Å². The summed E-state index contributed by atoms with van der Waals surface area (Å²) in [6.45, 7) is 3.72. The molecule has 2 aromatic carbocycles. The molecule has 4 nitrogen and oxygen atoms in total. The zero-order valence-corrected chi connectivity index (χ0v) is 13.9. The number of aryl methyl sites for hydroxylation is 1. The van der Waals surface area contributed by atoms with E-state index in [0.717, 1.165) is 16.7 Å². The van der Waals surface area contributed by atoms with Gasteiger partial charge in [0.2, 0.25) is 10.0 Å². The van der Waals surface area contributed by atoms with Crippen LogP contribution in [0.3, 0.4) is 0 Å². The zero-order chi connectivity index (χ0) is 16.2. The molecule has 0 aliphatic carbocycles. The van der Waals surface area contributed by atoms with Crippen LogP contribution in [-0.4, -0.2) is 15.5 Å². The highest BCUT2D eigenvalue weighted by Gasteiger charge is 2.19. The van der Waals surface area contributed by atoms with Crippen molar-refractivity contribution in [1.29, 1.82) is 0 Å². The molecule has 0 radical (unpaired) electrons. The lowest BCUT2D eigenvalue weighted by atomic mass is 10.1. The highest BCUT2D eigenvalue weighted by atomic mass is 32.2. The quantitative estimate of drug-likeness (QED) is 0.889. The number of ether oxygens (including phenoxy) is 1. The monoisotopic (exact) mass is 319 g/mol. The molecule has 2 aromatic rings. The summed E-state index contributed by atoms with van der Waals surface area (Å²) in [5.74, 6) is 0.646. The number of methoxy groups -OCH3 is 1. The lowest BCUT2D eigenvalue weighted by Gasteiger charge is -2.17. The molecule has 0 heterocycles. The molecule has 22 heavy (non-hydrogen) atoms. The van der Waals surface area contributed by atoms with Crippen molar-refractivity contribution in [2.24, 2.45) is 0 Å². The van der Waals surface area contributed by atoms with E-state index in [-0.39, 0.29) is 11.8 Å². The molecule has 0 amide bonds. The van der Waals surface area contributed by atoms with Gasteiger partial charge in [-0.25, -0.2) is 13.1 Å². The van der Waals surface area contributed by atoms with Gasteiger partial charge in [0.15, 0.2) is 0 Å². The van der Waals surface area contributed by atoms with Gasteiger partial charge in [0.25, 0.3) is 0 Å². The molecular formula is C17H21NO3S. The van der Waals surface area contributed by atoms with Gasteiger partial charge in [0.05, 0.1) is 12.9 Å². The molecule has 0 saturated carbocycles. The molecule has 0 fully saturated rings. The second-order valence-electron chi connectivity index (χ2n) is 5.27.